The number of rotatable bonds is 7. The van der Waals surface area contributed by atoms with Crippen LogP contribution in [0.25, 0.3) is 0 Å². The van der Waals surface area contributed by atoms with Crippen LogP contribution in [0.15, 0.2) is 18.5 Å². The van der Waals surface area contributed by atoms with Gasteiger partial charge in [0.15, 0.2) is 0 Å². The van der Waals surface area contributed by atoms with Gasteiger partial charge in [-0.15, -0.1) is 0 Å². The molecule has 0 amide bonds. The van der Waals surface area contributed by atoms with Crippen molar-refractivity contribution in [2.45, 2.75) is 45.7 Å². The fourth-order valence-corrected chi connectivity index (χ4v) is 2.98. The quantitative estimate of drug-likeness (QED) is 0.823. The van der Waals surface area contributed by atoms with Crippen molar-refractivity contribution in [3.63, 3.8) is 0 Å². The molecule has 0 radical (unpaired) electrons. The smallest absolute Gasteiger partial charge is 0.146 e. The molecule has 4 heteroatoms. The number of hydrogen-bond acceptors (Lipinski definition) is 3. The zero-order valence-corrected chi connectivity index (χ0v) is 12.7. The fraction of sp³-hybridized carbons (Fsp3) is 0.667. The first-order valence-electron chi connectivity index (χ1n) is 7.06. The molecule has 2 atom stereocenters. The Hall–Kier alpha value is -1.00. The molecule has 2 unspecified atom stereocenters. The lowest BCUT2D eigenvalue weighted by Gasteiger charge is -2.45. The van der Waals surface area contributed by atoms with Crippen LogP contribution < -0.4 is 5.32 Å². The standard InChI is InChI=1S/C15H26FN3/c1-6-15(4,19(7-2)8-3)14(17-5)12-9-10-18-11-13(12)16/h9-11,14,17H,6-8H2,1-5H3. The van der Waals surface area contributed by atoms with E-state index in [1.807, 2.05) is 7.05 Å². The van der Waals surface area contributed by atoms with E-state index < -0.39 is 0 Å². The van der Waals surface area contributed by atoms with Gasteiger partial charge in [-0.25, -0.2) is 4.39 Å². The van der Waals surface area contributed by atoms with E-state index in [9.17, 15) is 4.39 Å². The predicted octanol–water partition coefficient (Wildman–Crippen LogP) is 2.99. The molecule has 0 aliphatic heterocycles. The number of nitrogens with zero attached hydrogens (tertiary/aromatic N) is 2. The maximum absolute atomic E-state index is 14.0. The van der Waals surface area contributed by atoms with Crippen molar-refractivity contribution in [3.8, 4) is 0 Å². The summed E-state index contributed by atoms with van der Waals surface area (Å²) in [6.45, 7) is 10.5. The first-order chi connectivity index (χ1) is 9.04. The van der Waals surface area contributed by atoms with Gasteiger partial charge in [0, 0.05) is 17.3 Å². The maximum atomic E-state index is 14.0. The van der Waals surface area contributed by atoms with E-state index in [0.29, 0.717) is 5.56 Å². The van der Waals surface area contributed by atoms with Gasteiger partial charge in [0.1, 0.15) is 5.82 Å². The maximum Gasteiger partial charge on any atom is 0.146 e. The first kappa shape index (κ1) is 16.1. The summed E-state index contributed by atoms with van der Waals surface area (Å²) in [5.74, 6) is -0.242. The van der Waals surface area contributed by atoms with Gasteiger partial charge < -0.3 is 5.32 Å². The number of nitrogens with one attached hydrogen (secondary N) is 1. The van der Waals surface area contributed by atoms with Crippen LogP contribution in [0.3, 0.4) is 0 Å². The molecule has 108 valence electrons. The van der Waals surface area contributed by atoms with Crippen LogP contribution in [0.4, 0.5) is 4.39 Å². The lowest BCUT2D eigenvalue weighted by atomic mass is 9.83. The summed E-state index contributed by atoms with van der Waals surface area (Å²) < 4.78 is 14.0. The molecule has 0 aliphatic carbocycles. The van der Waals surface area contributed by atoms with Crippen molar-refractivity contribution < 1.29 is 4.39 Å². The molecule has 0 bridgehead atoms. The molecular formula is C15H26FN3. The minimum atomic E-state index is -0.242. The predicted molar refractivity (Wildman–Crippen MR) is 77.6 cm³/mol. The van der Waals surface area contributed by atoms with Gasteiger partial charge in [-0.2, -0.15) is 0 Å². The van der Waals surface area contributed by atoms with Crippen LogP contribution in [0.5, 0.6) is 0 Å². The van der Waals surface area contributed by atoms with E-state index in [2.05, 4.69) is 42.9 Å². The number of likely N-dealkylation sites (N-methyl/N-ethyl adjacent to an activating group) is 2. The second-order valence-electron chi connectivity index (χ2n) is 5.00. The van der Waals surface area contributed by atoms with Gasteiger partial charge in [-0.05, 0) is 39.5 Å². The van der Waals surface area contributed by atoms with E-state index in [1.165, 1.54) is 6.20 Å². The molecule has 1 N–H and O–H groups in total. The van der Waals surface area contributed by atoms with Gasteiger partial charge in [-0.3, -0.25) is 9.88 Å². The number of aromatic nitrogens is 1. The summed E-state index contributed by atoms with van der Waals surface area (Å²) in [6.07, 6.45) is 3.89. The minimum absolute atomic E-state index is 0.0552. The molecule has 0 spiro atoms. The Morgan fingerprint density at radius 1 is 1.37 bits per heavy atom. The van der Waals surface area contributed by atoms with Crippen LogP contribution in [0.2, 0.25) is 0 Å². The van der Waals surface area contributed by atoms with E-state index in [-0.39, 0.29) is 17.4 Å². The molecule has 0 saturated heterocycles. The molecule has 0 saturated carbocycles. The normalized spacial score (nSPS) is 16.4. The van der Waals surface area contributed by atoms with Crippen LogP contribution in [0.1, 0.15) is 45.7 Å². The van der Waals surface area contributed by atoms with Crippen LogP contribution in [-0.4, -0.2) is 35.6 Å². The molecule has 0 aromatic carbocycles. The first-order valence-corrected chi connectivity index (χ1v) is 7.06. The summed E-state index contributed by atoms with van der Waals surface area (Å²) >= 11 is 0. The molecule has 19 heavy (non-hydrogen) atoms. The summed E-state index contributed by atoms with van der Waals surface area (Å²) in [4.78, 5) is 6.22. The molecule has 3 nitrogen and oxygen atoms in total. The highest BCUT2D eigenvalue weighted by atomic mass is 19.1. The molecular weight excluding hydrogens is 241 g/mol. The average Bonchev–Trinajstić information content (AvgIpc) is 2.43. The Bertz CT molecular complexity index is 393. The summed E-state index contributed by atoms with van der Waals surface area (Å²) in [6, 6.07) is 1.72. The van der Waals surface area contributed by atoms with Crippen LogP contribution in [-0.2, 0) is 0 Å². The second kappa shape index (κ2) is 6.96. The van der Waals surface area contributed by atoms with E-state index in [4.69, 9.17) is 0 Å². The summed E-state index contributed by atoms with van der Waals surface area (Å²) in [5.41, 5.74) is 0.564. The Labute approximate surface area is 116 Å². The third-order valence-corrected chi connectivity index (χ3v) is 4.23. The Balaban J connectivity index is 3.22. The zero-order chi connectivity index (χ0) is 14.5. The largest absolute Gasteiger partial charge is 0.311 e. The molecule has 0 fully saturated rings. The van der Waals surface area contributed by atoms with Gasteiger partial charge in [0.05, 0.1) is 12.2 Å². The SMILES string of the molecule is CCN(CC)C(C)(CC)C(NC)c1ccncc1F. The monoisotopic (exact) mass is 267 g/mol. The highest BCUT2D eigenvalue weighted by Gasteiger charge is 2.38. The third-order valence-electron chi connectivity index (χ3n) is 4.23. The van der Waals surface area contributed by atoms with E-state index in [1.54, 1.807) is 12.3 Å². The van der Waals surface area contributed by atoms with Gasteiger partial charge in [0.2, 0.25) is 0 Å². The van der Waals surface area contributed by atoms with E-state index in [0.717, 1.165) is 19.5 Å². The second-order valence-corrected chi connectivity index (χ2v) is 5.00. The summed E-state index contributed by atoms with van der Waals surface area (Å²) in [5, 5.41) is 3.29. The van der Waals surface area contributed by atoms with Crippen LogP contribution >= 0.6 is 0 Å². The molecule has 1 heterocycles. The highest BCUT2D eigenvalue weighted by Crippen LogP contribution is 2.34. The average molecular weight is 267 g/mol. The van der Waals surface area contributed by atoms with E-state index >= 15 is 0 Å². The Kier molecular flexibility index (Phi) is 5.88. The van der Waals surface area contributed by atoms with Crippen LogP contribution in [0, 0.1) is 5.82 Å². The van der Waals surface area contributed by atoms with Gasteiger partial charge in [-0.1, -0.05) is 20.8 Å². The van der Waals surface area contributed by atoms with Gasteiger partial charge >= 0.3 is 0 Å². The van der Waals surface area contributed by atoms with Crippen molar-refractivity contribution in [1.82, 2.24) is 15.2 Å². The topological polar surface area (TPSA) is 28.2 Å². The number of hydrogen-bond donors (Lipinski definition) is 1. The van der Waals surface area contributed by atoms with Gasteiger partial charge in [0.25, 0.3) is 0 Å². The lowest BCUT2D eigenvalue weighted by molar-refractivity contribution is 0.0714. The van der Waals surface area contributed by atoms with Crippen molar-refractivity contribution >= 4 is 0 Å². The fourth-order valence-electron chi connectivity index (χ4n) is 2.98. The zero-order valence-electron chi connectivity index (χ0n) is 12.7. The van der Waals surface area contributed by atoms with Crippen molar-refractivity contribution in [1.29, 1.82) is 0 Å². The lowest BCUT2D eigenvalue weighted by Crippen LogP contribution is -2.54. The molecule has 0 aliphatic rings. The Morgan fingerprint density at radius 2 is 2.00 bits per heavy atom. The van der Waals surface area contributed by atoms with Crippen molar-refractivity contribution in [2.24, 2.45) is 0 Å². The minimum Gasteiger partial charge on any atom is -0.311 e. The Morgan fingerprint density at radius 3 is 2.42 bits per heavy atom. The molecule has 1 rings (SSSR count). The highest BCUT2D eigenvalue weighted by molar-refractivity contribution is 5.22. The number of pyridine rings is 1. The number of halogens is 1. The third kappa shape index (κ3) is 3.12. The molecule has 1 aromatic heterocycles. The van der Waals surface area contributed by atoms with Crippen molar-refractivity contribution in [3.05, 3.63) is 29.8 Å². The molecule has 1 aromatic rings. The summed E-state index contributed by atoms with van der Waals surface area (Å²) in [7, 11) is 1.89. The van der Waals surface area contributed by atoms with Crippen molar-refractivity contribution in [2.75, 3.05) is 20.1 Å².